The summed E-state index contributed by atoms with van der Waals surface area (Å²) in [4.78, 5) is 22.4. The summed E-state index contributed by atoms with van der Waals surface area (Å²) in [7, 11) is 0. The van der Waals surface area contributed by atoms with Gasteiger partial charge in [0.1, 0.15) is 0 Å². The van der Waals surface area contributed by atoms with Gasteiger partial charge in [0.2, 0.25) is 0 Å². The van der Waals surface area contributed by atoms with Crippen molar-refractivity contribution < 1.29 is 19.4 Å². The molecule has 0 radical (unpaired) electrons. The first-order chi connectivity index (χ1) is 7.13. The molecule has 1 atom stereocenters. The number of ketones is 1. The summed E-state index contributed by atoms with van der Waals surface area (Å²) >= 11 is 0. The maximum absolute atomic E-state index is 11.2. The molecule has 4 heteroatoms. The summed E-state index contributed by atoms with van der Waals surface area (Å²) in [6.45, 7) is 2.41. The minimum atomic E-state index is -0.726. The van der Waals surface area contributed by atoms with E-state index in [0.29, 0.717) is 12.2 Å². The maximum atomic E-state index is 11.2. The van der Waals surface area contributed by atoms with Gasteiger partial charge < -0.3 is 9.84 Å². The average Bonchev–Trinajstić information content (AvgIpc) is 2.45. The van der Waals surface area contributed by atoms with Crippen LogP contribution in [-0.4, -0.2) is 29.6 Å². The minimum Gasteiger partial charge on any atom is -0.465 e. The molecular weight excluding hydrogens is 196 g/mol. The number of Topliss-reactive ketones (excluding diaryl/α,β-unsaturated/α-hetero) is 1. The molecule has 1 aliphatic rings. The molecule has 0 saturated heterocycles. The fourth-order valence-electron chi connectivity index (χ4n) is 1.40. The molecular formula is C11H16O4. The van der Waals surface area contributed by atoms with E-state index in [4.69, 9.17) is 9.84 Å². The number of aliphatic hydroxyl groups is 1. The predicted molar refractivity (Wildman–Crippen MR) is 54.2 cm³/mol. The van der Waals surface area contributed by atoms with Crippen molar-refractivity contribution in [2.45, 2.75) is 38.7 Å². The summed E-state index contributed by atoms with van der Waals surface area (Å²) in [5.74, 6) is -0.549. The topological polar surface area (TPSA) is 63.6 Å². The highest BCUT2D eigenvalue weighted by Crippen LogP contribution is 2.18. The maximum Gasteiger partial charge on any atom is 0.310 e. The quantitative estimate of drug-likeness (QED) is 0.545. The van der Waals surface area contributed by atoms with Crippen LogP contribution in [0.3, 0.4) is 0 Å². The normalized spacial score (nSPS) is 20.3. The SMILES string of the molecule is CCCCOC(=O)CC1=CC(O)CC1=O. The molecule has 1 rings (SSSR count). The van der Waals surface area contributed by atoms with E-state index in [9.17, 15) is 9.59 Å². The molecule has 0 spiro atoms. The molecule has 1 N–H and O–H groups in total. The van der Waals surface area contributed by atoms with Gasteiger partial charge in [-0.05, 0) is 12.5 Å². The summed E-state index contributed by atoms with van der Waals surface area (Å²) in [5, 5.41) is 9.15. The zero-order valence-electron chi connectivity index (χ0n) is 8.86. The number of carbonyl (C=O) groups excluding carboxylic acids is 2. The Bertz CT molecular complexity index is 280. The Morgan fingerprint density at radius 1 is 1.67 bits per heavy atom. The molecule has 0 saturated carbocycles. The summed E-state index contributed by atoms with van der Waals surface area (Å²) < 4.78 is 4.91. The third-order valence-corrected chi connectivity index (χ3v) is 2.24. The molecule has 0 heterocycles. The van der Waals surface area contributed by atoms with Crippen LogP contribution in [0.5, 0.6) is 0 Å². The van der Waals surface area contributed by atoms with Crippen molar-refractivity contribution in [2.75, 3.05) is 6.61 Å². The van der Waals surface area contributed by atoms with Gasteiger partial charge in [0.05, 0.1) is 19.1 Å². The van der Waals surface area contributed by atoms with E-state index in [1.54, 1.807) is 0 Å². The van der Waals surface area contributed by atoms with Crippen molar-refractivity contribution in [3.8, 4) is 0 Å². The van der Waals surface area contributed by atoms with Crippen LogP contribution in [0.15, 0.2) is 11.6 Å². The second kappa shape index (κ2) is 5.66. The number of rotatable bonds is 5. The molecule has 0 aromatic carbocycles. The van der Waals surface area contributed by atoms with Gasteiger partial charge in [0.15, 0.2) is 5.78 Å². The van der Waals surface area contributed by atoms with Gasteiger partial charge in [-0.15, -0.1) is 0 Å². The fraction of sp³-hybridized carbons (Fsp3) is 0.636. The van der Waals surface area contributed by atoms with Crippen molar-refractivity contribution in [2.24, 2.45) is 0 Å². The van der Waals surface area contributed by atoms with Crippen LogP contribution in [0.1, 0.15) is 32.6 Å². The van der Waals surface area contributed by atoms with Crippen molar-refractivity contribution in [1.29, 1.82) is 0 Å². The number of hydrogen-bond acceptors (Lipinski definition) is 4. The Kier molecular flexibility index (Phi) is 4.49. The van der Waals surface area contributed by atoms with Crippen LogP contribution in [0.4, 0.5) is 0 Å². The largest absolute Gasteiger partial charge is 0.465 e. The minimum absolute atomic E-state index is 0.0143. The van der Waals surface area contributed by atoms with Crippen molar-refractivity contribution in [1.82, 2.24) is 0 Å². The zero-order chi connectivity index (χ0) is 11.3. The van der Waals surface area contributed by atoms with Crippen LogP contribution in [0, 0.1) is 0 Å². The second-order valence-electron chi connectivity index (χ2n) is 3.64. The van der Waals surface area contributed by atoms with Crippen LogP contribution in [0.2, 0.25) is 0 Å². The first-order valence-corrected chi connectivity index (χ1v) is 5.21. The molecule has 0 aliphatic heterocycles. The van der Waals surface area contributed by atoms with Crippen LogP contribution in [0.25, 0.3) is 0 Å². The van der Waals surface area contributed by atoms with Crippen molar-refractivity contribution in [3.63, 3.8) is 0 Å². The Morgan fingerprint density at radius 2 is 2.40 bits per heavy atom. The number of aliphatic hydroxyl groups excluding tert-OH is 1. The third kappa shape index (κ3) is 3.83. The molecule has 0 aromatic rings. The highest BCUT2D eigenvalue weighted by molar-refractivity contribution is 6.01. The first kappa shape index (κ1) is 11.9. The molecule has 0 fully saturated rings. The molecule has 0 amide bonds. The van der Waals surface area contributed by atoms with Gasteiger partial charge in [0, 0.05) is 12.0 Å². The molecule has 0 aromatic heterocycles. The molecule has 84 valence electrons. The lowest BCUT2D eigenvalue weighted by Crippen LogP contribution is -2.09. The van der Waals surface area contributed by atoms with E-state index in [1.165, 1.54) is 6.08 Å². The monoisotopic (exact) mass is 212 g/mol. The van der Waals surface area contributed by atoms with E-state index in [0.717, 1.165) is 12.8 Å². The van der Waals surface area contributed by atoms with Crippen molar-refractivity contribution in [3.05, 3.63) is 11.6 Å². The van der Waals surface area contributed by atoms with E-state index < -0.39 is 12.1 Å². The molecule has 0 bridgehead atoms. The highest BCUT2D eigenvalue weighted by Gasteiger charge is 2.24. The van der Waals surface area contributed by atoms with Crippen LogP contribution in [-0.2, 0) is 14.3 Å². The molecule has 15 heavy (non-hydrogen) atoms. The van der Waals surface area contributed by atoms with Gasteiger partial charge in [-0.3, -0.25) is 9.59 Å². The Labute approximate surface area is 88.9 Å². The van der Waals surface area contributed by atoms with E-state index >= 15 is 0 Å². The smallest absolute Gasteiger partial charge is 0.310 e. The standard InChI is InChI=1S/C11H16O4/c1-2-3-4-15-11(14)6-8-5-9(12)7-10(8)13/h5,9,12H,2-4,6-7H2,1H3. The van der Waals surface area contributed by atoms with Crippen LogP contribution >= 0.6 is 0 Å². The number of esters is 1. The first-order valence-electron chi connectivity index (χ1n) is 5.21. The van der Waals surface area contributed by atoms with Gasteiger partial charge in [-0.2, -0.15) is 0 Å². The zero-order valence-corrected chi connectivity index (χ0v) is 8.86. The lowest BCUT2D eigenvalue weighted by atomic mass is 10.1. The Morgan fingerprint density at radius 3 is 2.93 bits per heavy atom. The lowest BCUT2D eigenvalue weighted by molar-refractivity contribution is -0.143. The summed E-state index contributed by atoms with van der Waals surface area (Å²) in [6.07, 6.45) is 2.59. The molecule has 4 nitrogen and oxygen atoms in total. The number of hydrogen-bond donors (Lipinski definition) is 1. The third-order valence-electron chi connectivity index (χ3n) is 2.24. The predicted octanol–water partition coefficient (Wildman–Crippen LogP) is 0.980. The molecule has 1 aliphatic carbocycles. The number of ether oxygens (including phenoxy) is 1. The van der Waals surface area contributed by atoms with E-state index in [1.807, 2.05) is 6.92 Å². The van der Waals surface area contributed by atoms with Crippen LogP contribution < -0.4 is 0 Å². The van der Waals surface area contributed by atoms with Gasteiger partial charge in [-0.25, -0.2) is 0 Å². The summed E-state index contributed by atoms with van der Waals surface area (Å²) in [6, 6.07) is 0. The fourth-order valence-corrected chi connectivity index (χ4v) is 1.40. The average molecular weight is 212 g/mol. The van der Waals surface area contributed by atoms with E-state index in [2.05, 4.69) is 0 Å². The van der Waals surface area contributed by atoms with Crippen molar-refractivity contribution >= 4 is 11.8 Å². The lowest BCUT2D eigenvalue weighted by Gasteiger charge is -2.03. The van der Waals surface area contributed by atoms with Gasteiger partial charge in [0.25, 0.3) is 0 Å². The second-order valence-corrected chi connectivity index (χ2v) is 3.64. The number of unbranched alkanes of at least 4 members (excludes halogenated alkanes) is 1. The Balaban J connectivity index is 2.32. The van der Waals surface area contributed by atoms with E-state index in [-0.39, 0.29) is 18.6 Å². The highest BCUT2D eigenvalue weighted by atomic mass is 16.5. The summed E-state index contributed by atoms with van der Waals surface area (Å²) in [5.41, 5.74) is 0.379. The number of carbonyl (C=O) groups is 2. The van der Waals surface area contributed by atoms with Gasteiger partial charge >= 0.3 is 5.97 Å². The molecule has 1 unspecified atom stereocenters. The van der Waals surface area contributed by atoms with Gasteiger partial charge in [-0.1, -0.05) is 13.3 Å². The Hall–Kier alpha value is -1.16.